The third kappa shape index (κ3) is 3.08. The molecular weight excluding hydrogens is 248 g/mol. The third-order valence-electron chi connectivity index (χ3n) is 3.08. The summed E-state index contributed by atoms with van der Waals surface area (Å²) in [5.74, 6) is 0.549. The average Bonchev–Trinajstić information content (AvgIpc) is 2.75. The second-order valence-corrected chi connectivity index (χ2v) is 4.60. The largest absolute Gasteiger partial charge is 0.364 e. The van der Waals surface area contributed by atoms with Crippen molar-refractivity contribution in [3.8, 4) is 0 Å². The van der Waals surface area contributed by atoms with Crippen molar-refractivity contribution in [1.82, 2.24) is 14.9 Å². The Morgan fingerprint density at radius 1 is 1.53 bits per heavy atom. The van der Waals surface area contributed by atoms with Crippen molar-refractivity contribution in [3.63, 3.8) is 0 Å². The van der Waals surface area contributed by atoms with Gasteiger partial charge in [-0.05, 0) is 26.9 Å². The molecule has 0 saturated carbocycles. The maximum atomic E-state index is 11.2. The molecule has 104 valence electrons. The molecule has 2 N–H and O–H groups in total. The highest BCUT2D eigenvalue weighted by Gasteiger charge is 2.26. The molecular formula is C11H18N6O2. The first-order valence-corrected chi connectivity index (χ1v) is 6.30. The Kier molecular flexibility index (Phi) is 4.10. The Hall–Kier alpha value is -1.96. The van der Waals surface area contributed by atoms with E-state index in [-0.39, 0.29) is 23.4 Å². The van der Waals surface area contributed by atoms with Gasteiger partial charge in [0.25, 0.3) is 0 Å². The molecule has 0 bridgehead atoms. The summed E-state index contributed by atoms with van der Waals surface area (Å²) in [6, 6.07) is 0.188. The number of nitro groups is 1. The molecule has 0 aromatic carbocycles. The first-order valence-electron chi connectivity index (χ1n) is 6.30. The fourth-order valence-electron chi connectivity index (χ4n) is 2.20. The summed E-state index contributed by atoms with van der Waals surface area (Å²) < 4.78 is 0. The van der Waals surface area contributed by atoms with Crippen LogP contribution in [0.15, 0.2) is 6.33 Å². The van der Waals surface area contributed by atoms with Gasteiger partial charge in [0.2, 0.25) is 11.6 Å². The maximum Gasteiger partial charge on any atom is 0.353 e. The van der Waals surface area contributed by atoms with E-state index in [2.05, 4.69) is 25.5 Å². The van der Waals surface area contributed by atoms with Crippen LogP contribution in [0.3, 0.4) is 0 Å². The van der Waals surface area contributed by atoms with Crippen LogP contribution in [0.25, 0.3) is 0 Å². The first kappa shape index (κ1) is 13.5. The first-order chi connectivity index (χ1) is 9.11. The van der Waals surface area contributed by atoms with Gasteiger partial charge in [0.1, 0.15) is 6.33 Å². The summed E-state index contributed by atoms with van der Waals surface area (Å²) >= 11 is 0. The molecule has 1 fully saturated rings. The van der Waals surface area contributed by atoms with Crippen LogP contribution in [0.4, 0.5) is 17.3 Å². The van der Waals surface area contributed by atoms with Gasteiger partial charge in [-0.25, -0.2) is 9.97 Å². The standard InChI is InChI=1S/C11H18N6O2/c1-3-12-10-9(17(18)19)11(14-7-13-10)15-8-4-5-16(2)6-8/h7-8H,3-6H2,1-2H3,(H2,12,13,14,15). The molecule has 0 amide bonds. The highest BCUT2D eigenvalue weighted by atomic mass is 16.6. The van der Waals surface area contributed by atoms with Gasteiger partial charge < -0.3 is 15.5 Å². The normalized spacial score (nSPS) is 19.4. The number of nitrogens with one attached hydrogen (secondary N) is 2. The molecule has 2 rings (SSSR count). The number of likely N-dealkylation sites (N-methyl/N-ethyl adjacent to an activating group) is 1. The molecule has 1 aliphatic heterocycles. The highest BCUT2D eigenvalue weighted by molar-refractivity contribution is 5.69. The van der Waals surface area contributed by atoms with Crippen molar-refractivity contribution in [2.45, 2.75) is 19.4 Å². The number of hydrogen-bond acceptors (Lipinski definition) is 7. The monoisotopic (exact) mass is 266 g/mol. The van der Waals surface area contributed by atoms with Crippen molar-refractivity contribution >= 4 is 17.3 Å². The van der Waals surface area contributed by atoms with Crippen molar-refractivity contribution in [2.24, 2.45) is 0 Å². The van der Waals surface area contributed by atoms with E-state index in [0.717, 1.165) is 19.5 Å². The zero-order valence-corrected chi connectivity index (χ0v) is 11.1. The fourth-order valence-corrected chi connectivity index (χ4v) is 2.20. The highest BCUT2D eigenvalue weighted by Crippen LogP contribution is 2.29. The predicted octanol–water partition coefficient (Wildman–Crippen LogP) is 0.933. The number of likely N-dealkylation sites (tertiary alicyclic amines) is 1. The van der Waals surface area contributed by atoms with Gasteiger partial charge in [-0.3, -0.25) is 10.1 Å². The van der Waals surface area contributed by atoms with Crippen LogP contribution < -0.4 is 10.6 Å². The molecule has 8 nitrogen and oxygen atoms in total. The van der Waals surface area contributed by atoms with Crippen LogP contribution in [0.1, 0.15) is 13.3 Å². The molecule has 0 aliphatic carbocycles. The van der Waals surface area contributed by atoms with Crippen molar-refractivity contribution in [2.75, 3.05) is 37.3 Å². The van der Waals surface area contributed by atoms with Gasteiger partial charge in [-0.1, -0.05) is 0 Å². The van der Waals surface area contributed by atoms with Gasteiger partial charge in [-0.2, -0.15) is 0 Å². The fraction of sp³-hybridized carbons (Fsp3) is 0.636. The number of aromatic nitrogens is 2. The summed E-state index contributed by atoms with van der Waals surface area (Å²) in [6.07, 6.45) is 2.29. The SMILES string of the molecule is CCNc1ncnc(NC2CCN(C)C2)c1[N+](=O)[O-]. The zero-order valence-electron chi connectivity index (χ0n) is 11.1. The van der Waals surface area contributed by atoms with Gasteiger partial charge in [0.05, 0.1) is 4.92 Å². The minimum Gasteiger partial charge on any atom is -0.364 e. The van der Waals surface area contributed by atoms with E-state index in [4.69, 9.17) is 0 Å². The number of rotatable bonds is 5. The lowest BCUT2D eigenvalue weighted by atomic mass is 10.2. The second-order valence-electron chi connectivity index (χ2n) is 4.60. The smallest absolute Gasteiger partial charge is 0.353 e. The van der Waals surface area contributed by atoms with Crippen molar-refractivity contribution in [1.29, 1.82) is 0 Å². The second kappa shape index (κ2) is 5.79. The van der Waals surface area contributed by atoms with Crippen LogP contribution in [0.2, 0.25) is 0 Å². The summed E-state index contributed by atoms with van der Waals surface area (Å²) in [5, 5.41) is 17.2. The summed E-state index contributed by atoms with van der Waals surface area (Å²) in [7, 11) is 2.03. The lowest BCUT2D eigenvalue weighted by molar-refractivity contribution is -0.383. The van der Waals surface area contributed by atoms with Crippen LogP contribution in [-0.2, 0) is 0 Å². The molecule has 0 radical (unpaired) electrons. The Balaban J connectivity index is 2.23. The van der Waals surface area contributed by atoms with E-state index in [1.807, 2.05) is 14.0 Å². The van der Waals surface area contributed by atoms with E-state index in [0.29, 0.717) is 6.54 Å². The quantitative estimate of drug-likeness (QED) is 0.604. The number of anilines is 2. The maximum absolute atomic E-state index is 11.2. The number of hydrogen-bond donors (Lipinski definition) is 2. The molecule has 1 aliphatic rings. The van der Waals surface area contributed by atoms with Gasteiger partial charge in [0, 0.05) is 19.1 Å². The average molecular weight is 266 g/mol. The van der Waals surface area contributed by atoms with Crippen molar-refractivity contribution in [3.05, 3.63) is 16.4 Å². The van der Waals surface area contributed by atoms with E-state index < -0.39 is 4.92 Å². The topological polar surface area (TPSA) is 96.2 Å². The molecule has 1 aromatic heterocycles. The van der Waals surface area contributed by atoms with Crippen LogP contribution >= 0.6 is 0 Å². The van der Waals surface area contributed by atoms with Crippen molar-refractivity contribution < 1.29 is 4.92 Å². The summed E-state index contributed by atoms with van der Waals surface area (Å²) in [6.45, 7) is 4.28. The van der Waals surface area contributed by atoms with Gasteiger partial charge >= 0.3 is 5.69 Å². The van der Waals surface area contributed by atoms with E-state index in [1.165, 1.54) is 6.33 Å². The van der Waals surface area contributed by atoms with Gasteiger partial charge in [-0.15, -0.1) is 0 Å². The molecule has 19 heavy (non-hydrogen) atoms. The Morgan fingerprint density at radius 3 is 2.84 bits per heavy atom. The van der Waals surface area contributed by atoms with E-state index >= 15 is 0 Å². The predicted molar refractivity (Wildman–Crippen MR) is 72.4 cm³/mol. The Morgan fingerprint density at radius 2 is 2.26 bits per heavy atom. The molecule has 8 heteroatoms. The number of nitrogens with zero attached hydrogens (tertiary/aromatic N) is 4. The minimum atomic E-state index is -0.445. The lowest BCUT2D eigenvalue weighted by Crippen LogP contribution is -2.24. The van der Waals surface area contributed by atoms with Crippen LogP contribution in [0.5, 0.6) is 0 Å². The third-order valence-corrected chi connectivity index (χ3v) is 3.08. The molecule has 1 unspecified atom stereocenters. The van der Waals surface area contributed by atoms with Crippen LogP contribution in [0, 0.1) is 10.1 Å². The van der Waals surface area contributed by atoms with E-state index in [9.17, 15) is 10.1 Å². The lowest BCUT2D eigenvalue weighted by Gasteiger charge is -2.14. The minimum absolute atomic E-state index is 0.0843. The molecule has 1 atom stereocenters. The Bertz CT molecular complexity index is 466. The zero-order chi connectivity index (χ0) is 13.8. The molecule has 2 heterocycles. The summed E-state index contributed by atoms with van der Waals surface area (Å²) in [5.41, 5.74) is -0.0843. The summed E-state index contributed by atoms with van der Waals surface area (Å²) in [4.78, 5) is 20.9. The molecule has 0 spiro atoms. The Labute approximate surface area is 111 Å². The van der Waals surface area contributed by atoms with Gasteiger partial charge in [0.15, 0.2) is 0 Å². The molecule has 1 aromatic rings. The van der Waals surface area contributed by atoms with Crippen LogP contribution in [-0.4, -0.2) is 52.5 Å². The van der Waals surface area contributed by atoms with E-state index in [1.54, 1.807) is 0 Å². The molecule has 1 saturated heterocycles.